The van der Waals surface area contributed by atoms with Crippen LogP contribution in [-0.4, -0.2) is 70.7 Å². The van der Waals surface area contributed by atoms with Crippen molar-refractivity contribution in [1.82, 2.24) is 19.8 Å². The van der Waals surface area contributed by atoms with Crippen molar-refractivity contribution in [2.24, 2.45) is 11.3 Å². The van der Waals surface area contributed by atoms with Crippen molar-refractivity contribution < 1.29 is 19.1 Å². The molecule has 28 heavy (non-hydrogen) atoms. The molecule has 2 aliphatic heterocycles. The third kappa shape index (κ3) is 3.66. The van der Waals surface area contributed by atoms with Crippen LogP contribution >= 0.6 is 0 Å². The van der Waals surface area contributed by atoms with Crippen molar-refractivity contribution in [2.45, 2.75) is 25.8 Å². The summed E-state index contributed by atoms with van der Waals surface area (Å²) in [6.07, 6.45) is 6.59. The molecule has 1 spiro atoms. The lowest BCUT2D eigenvalue weighted by atomic mass is 9.64. The summed E-state index contributed by atoms with van der Waals surface area (Å²) in [6, 6.07) is 3.30. The number of nitrogens with one attached hydrogen (secondary N) is 1. The van der Waals surface area contributed by atoms with Gasteiger partial charge in [-0.3, -0.25) is 9.69 Å². The Kier molecular flexibility index (Phi) is 5.41. The third-order valence-electron chi connectivity index (χ3n) is 6.49. The number of hydrogen-bond acceptors (Lipinski definition) is 6. The van der Waals surface area contributed by atoms with Crippen LogP contribution in [0.15, 0.2) is 29.1 Å². The fourth-order valence-corrected chi connectivity index (χ4v) is 4.68. The quantitative estimate of drug-likeness (QED) is 0.810. The van der Waals surface area contributed by atoms with Gasteiger partial charge in [-0.2, -0.15) is 0 Å². The van der Waals surface area contributed by atoms with Gasteiger partial charge in [0.25, 0.3) is 11.9 Å². The average molecular weight is 388 g/mol. The highest BCUT2D eigenvalue weighted by atomic mass is 16.6. The summed E-state index contributed by atoms with van der Waals surface area (Å²) in [6.45, 7) is 4.24. The highest BCUT2D eigenvalue weighted by Gasteiger charge is 2.45. The molecule has 4 rings (SSSR count). The van der Waals surface area contributed by atoms with Crippen molar-refractivity contribution >= 4 is 5.91 Å². The van der Waals surface area contributed by atoms with E-state index in [-0.39, 0.29) is 23.8 Å². The number of piperidine rings is 2. The molecule has 0 aliphatic carbocycles. The van der Waals surface area contributed by atoms with Crippen molar-refractivity contribution in [3.63, 3.8) is 0 Å². The Morgan fingerprint density at radius 1 is 1.36 bits per heavy atom. The lowest BCUT2D eigenvalue weighted by molar-refractivity contribution is -0.0373. The van der Waals surface area contributed by atoms with Crippen molar-refractivity contribution in [1.29, 1.82) is 0 Å². The van der Waals surface area contributed by atoms with Gasteiger partial charge in [0.15, 0.2) is 5.76 Å². The minimum Gasteiger partial charge on any atom is -0.468 e. The lowest BCUT2D eigenvalue weighted by Gasteiger charge is -2.51. The van der Waals surface area contributed by atoms with Gasteiger partial charge in [0.2, 0.25) is 0 Å². The maximum Gasteiger partial charge on any atom is 0.289 e. The van der Waals surface area contributed by atoms with Gasteiger partial charge < -0.3 is 24.1 Å². The predicted molar refractivity (Wildman–Crippen MR) is 102 cm³/mol. The molecule has 2 fully saturated rings. The normalized spacial score (nSPS) is 22.5. The SMILES string of the molecule is COc1ccc(C(=O)N2CCC3(CCN(Cc4cnc[nH]4)CC3)[C@@H](CO)C2)o1. The zero-order chi connectivity index (χ0) is 19.6. The van der Waals surface area contributed by atoms with Crippen LogP contribution < -0.4 is 4.74 Å². The van der Waals surface area contributed by atoms with Crippen LogP contribution in [0.2, 0.25) is 0 Å². The molecule has 2 saturated heterocycles. The van der Waals surface area contributed by atoms with Crippen LogP contribution in [0, 0.1) is 11.3 Å². The Balaban J connectivity index is 1.37. The molecule has 152 valence electrons. The first-order valence-corrected chi connectivity index (χ1v) is 9.87. The minimum absolute atomic E-state index is 0.0939. The van der Waals surface area contributed by atoms with Gasteiger partial charge in [-0.25, -0.2) is 4.98 Å². The number of aliphatic hydroxyl groups excluding tert-OH is 1. The number of carbonyl (C=O) groups excluding carboxylic acids is 1. The highest BCUT2D eigenvalue weighted by molar-refractivity contribution is 5.91. The van der Waals surface area contributed by atoms with Gasteiger partial charge in [0.1, 0.15) is 0 Å². The van der Waals surface area contributed by atoms with Gasteiger partial charge in [0.05, 0.1) is 13.4 Å². The molecule has 0 saturated carbocycles. The number of rotatable bonds is 5. The van der Waals surface area contributed by atoms with Gasteiger partial charge in [-0.05, 0) is 43.8 Å². The van der Waals surface area contributed by atoms with E-state index in [1.807, 2.05) is 6.20 Å². The Labute approximate surface area is 164 Å². The number of methoxy groups -OCH3 is 1. The van der Waals surface area contributed by atoms with E-state index in [0.717, 1.165) is 44.6 Å². The van der Waals surface area contributed by atoms with E-state index < -0.39 is 0 Å². The third-order valence-corrected chi connectivity index (χ3v) is 6.49. The summed E-state index contributed by atoms with van der Waals surface area (Å²) in [4.78, 5) is 24.3. The Hall–Kier alpha value is -2.32. The fraction of sp³-hybridized carbons (Fsp3) is 0.600. The lowest BCUT2D eigenvalue weighted by Crippen LogP contribution is -2.54. The Morgan fingerprint density at radius 3 is 2.79 bits per heavy atom. The average Bonchev–Trinajstić information content (AvgIpc) is 3.41. The van der Waals surface area contributed by atoms with Gasteiger partial charge >= 0.3 is 0 Å². The van der Waals surface area contributed by atoms with Gasteiger partial charge in [-0.15, -0.1) is 0 Å². The molecule has 8 nitrogen and oxygen atoms in total. The zero-order valence-corrected chi connectivity index (χ0v) is 16.3. The summed E-state index contributed by atoms with van der Waals surface area (Å²) in [5.74, 6) is 0.587. The smallest absolute Gasteiger partial charge is 0.289 e. The second-order valence-corrected chi connectivity index (χ2v) is 7.92. The van der Waals surface area contributed by atoms with Crippen LogP contribution in [0.1, 0.15) is 35.5 Å². The second kappa shape index (κ2) is 7.97. The number of furan rings is 1. The molecular formula is C20H28N4O4. The minimum atomic E-state index is -0.131. The summed E-state index contributed by atoms with van der Waals surface area (Å²) in [5.41, 5.74) is 1.24. The molecule has 1 atom stereocenters. The van der Waals surface area contributed by atoms with E-state index in [1.54, 1.807) is 23.4 Å². The molecule has 4 heterocycles. The maximum absolute atomic E-state index is 12.8. The maximum atomic E-state index is 12.8. The molecule has 2 aliphatic rings. The van der Waals surface area contributed by atoms with Crippen molar-refractivity contribution in [2.75, 3.05) is 39.9 Å². The summed E-state index contributed by atoms with van der Waals surface area (Å²) in [5, 5.41) is 10.1. The highest BCUT2D eigenvalue weighted by Crippen LogP contribution is 2.45. The van der Waals surface area contributed by atoms with E-state index in [4.69, 9.17) is 9.15 Å². The summed E-state index contributed by atoms with van der Waals surface area (Å²) >= 11 is 0. The zero-order valence-electron chi connectivity index (χ0n) is 16.3. The standard InChI is InChI=1S/C20H28N4O4/c1-27-18-3-2-17(28-18)19(26)24-9-6-20(15(11-24)13-25)4-7-23(8-5-20)12-16-10-21-14-22-16/h2-3,10,14-15,25H,4-9,11-13H2,1H3,(H,21,22)/t15-/m1/s1. The summed E-state index contributed by atoms with van der Waals surface area (Å²) < 4.78 is 10.5. The van der Waals surface area contributed by atoms with E-state index in [2.05, 4.69) is 14.9 Å². The number of aromatic amines is 1. The number of ether oxygens (including phenoxy) is 1. The fourth-order valence-electron chi connectivity index (χ4n) is 4.68. The number of imidazole rings is 1. The van der Waals surface area contributed by atoms with Gasteiger partial charge in [0, 0.05) is 50.1 Å². The number of H-pyrrole nitrogens is 1. The Bertz CT molecular complexity index is 780. The topological polar surface area (TPSA) is 94.8 Å². The van der Waals surface area contributed by atoms with E-state index in [0.29, 0.717) is 24.8 Å². The van der Waals surface area contributed by atoms with E-state index in [9.17, 15) is 9.90 Å². The molecule has 2 aromatic heterocycles. The number of aliphatic hydroxyl groups is 1. The molecule has 0 aromatic carbocycles. The predicted octanol–water partition coefficient (Wildman–Crippen LogP) is 1.75. The number of nitrogens with zero attached hydrogens (tertiary/aromatic N) is 3. The molecule has 0 unspecified atom stereocenters. The van der Waals surface area contributed by atoms with Crippen LogP contribution in [-0.2, 0) is 6.54 Å². The molecule has 8 heteroatoms. The first kappa shape index (κ1) is 19.0. The molecule has 2 aromatic rings. The molecule has 0 radical (unpaired) electrons. The largest absolute Gasteiger partial charge is 0.468 e. The molecule has 2 N–H and O–H groups in total. The number of aromatic nitrogens is 2. The number of hydrogen-bond donors (Lipinski definition) is 2. The number of amides is 1. The molecular weight excluding hydrogens is 360 g/mol. The number of likely N-dealkylation sites (tertiary alicyclic amines) is 2. The number of carbonyl (C=O) groups is 1. The molecule has 1 amide bonds. The van der Waals surface area contributed by atoms with Crippen molar-refractivity contribution in [3.8, 4) is 5.95 Å². The first-order chi connectivity index (χ1) is 13.6. The summed E-state index contributed by atoms with van der Waals surface area (Å²) in [7, 11) is 1.51. The monoisotopic (exact) mass is 388 g/mol. The Morgan fingerprint density at radius 2 is 2.14 bits per heavy atom. The molecule has 0 bridgehead atoms. The van der Waals surface area contributed by atoms with Crippen LogP contribution in [0.5, 0.6) is 5.95 Å². The van der Waals surface area contributed by atoms with Crippen LogP contribution in [0.4, 0.5) is 0 Å². The van der Waals surface area contributed by atoms with E-state index >= 15 is 0 Å². The first-order valence-electron chi connectivity index (χ1n) is 9.87. The second-order valence-electron chi connectivity index (χ2n) is 7.92. The van der Waals surface area contributed by atoms with Crippen LogP contribution in [0.25, 0.3) is 0 Å². The van der Waals surface area contributed by atoms with Crippen LogP contribution in [0.3, 0.4) is 0 Å². The van der Waals surface area contributed by atoms with Crippen molar-refractivity contribution in [3.05, 3.63) is 36.1 Å². The van der Waals surface area contributed by atoms with Gasteiger partial charge in [-0.1, -0.05) is 0 Å². The van der Waals surface area contributed by atoms with E-state index in [1.165, 1.54) is 7.11 Å².